The van der Waals surface area contributed by atoms with Crippen molar-refractivity contribution in [3.63, 3.8) is 0 Å². The second-order valence-electron chi connectivity index (χ2n) is 4.62. The molecule has 0 heterocycles. The van der Waals surface area contributed by atoms with E-state index in [-0.39, 0.29) is 0 Å². The first-order valence-corrected chi connectivity index (χ1v) is 6.13. The van der Waals surface area contributed by atoms with E-state index in [9.17, 15) is 8.78 Å². The van der Waals surface area contributed by atoms with E-state index in [1.807, 2.05) is 6.08 Å². The van der Waals surface area contributed by atoms with Crippen LogP contribution in [0.15, 0.2) is 24.3 Å². The van der Waals surface area contributed by atoms with E-state index in [1.54, 1.807) is 26.4 Å². The van der Waals surface area contributed by atoms with Gasteiger partial charge in [0.1, 0.15) is 0 Å². The van der Waals surface area contributed by atoms with Gasteiger partial charge < -0.3 is 4.74 Å². The Morgan fingerprint density at radius 2 is 1.89 bits per heavy atom. The van der Waals surface area contributed by atoms with Crippen LogP contribution in [0.5, 0.6) is 0 Å². The summed E-state index contributed by atoms with van der Waals surface area (Å²) in [7, 11) is 3.25. The van der Waals surface area contributed by atoms with Crippen LogP contribution >= 0.6 is 0 Å². The van der Waals surface area contributed by atoms with Crippen LogP contribution in [-0.4, -0.2) is 14.2 Å². The molecule has 0 spiro atoms. The zero-order chi connectivity index (χ0) is 13.5. The van der Waals surface area contributed by atoms with Crippen LogP contribution < -0.4 is 0 Å². The van der Waals surface area contributed by atoms with Crippen LogP contribution in [0.4, 0.5) is 8.78 Å². The smallest absolute Gasteiger partial charge is 0.166 e. The van der Waals surface area contributed by atoms with Gasteiger partial charge in [-0.2, -0.15) is 0 Å². The second kappa shape index (κ2) is 7.27. The average molecular weight is 254 g/mol. The average Bonchev–Trinajstić information content (AvgIpc) is 2.35. The molecule has 0 fully saturated rings. The lowest BCUT2D eigenvalue weighted by atomic mass is 9.87. The number of ether oxygens (including phenoxy) is 1. The van der Waals surface area contributed by atoms with Gasteiger partial charge in [-0.05, 0) is 36.8 Å². The Balaban J connectivity index is 0.000000492. The highest BCUT2D eigenvalue weighted by Gasteiger charge is 2.16. The lowest BCUT2D eigenvalue weighted by Gasteiger charge is -2.18. The minimum Gasteiger partial charge on any atom is -0.388 e. The Hall–Kier alpha value is -1.22. The van der Waals surface area contributed by atoms with Gasteiger partial charge in [0.05, 0.1) is 0 Å². The van der Waals surface area contributed by atoms with E-state index in [4.69, 9.17) is 0 Å². The van der Waals surface area contributed by atoms with Crippen LogP contribution in [0, 0.1) is 17.6 Å². The Bertz CT molecular complexity index is 413. The Labute approximate surface area is 107 Å². The van der Waals surface area contributed by atoms with Crippen molar-refractivity contribution in [1.82, 2.24) is 0 Å². The molecule has 0 saturated heterocycles. The molecular weight excluding hydrogens is 234 g/mol. The third-order valence-corrected chi connectivity index (χ3v) is 2.97. The predicted molar refractivity (Wildman–Crippen MR) is 70.3 cm³/mol. The van der Waals surface area contributed by atoms with Crippen molar-refractivity contribution in [1.29, 1.82) is 0 Å². The Kier molecular flexibility index (Phi) is 5.99. The Morgan fingerprint density at radius 3 is 2.44 bits per heavy atom. The standard InChI is InChI=1S/C13H14F2.C2H6O/c1-9-5-7-10(8-6-9)11-3-2-4-12(14)13(11)15;1-3-2/h2-4,7,9H,5-6,8H2,1H3;1-2H3. The molecule has 1 atom stereocenters. The molecule has 1 unspecified atom stereocenters. The molecule has 0 N–H and O–H groups in total. The first-order valence-electron chi connectivity index (χ1n) is 6.13. The summed E-state index contributed by atoms with van der Waals surface area (Å²) in [5, 5.41) is 0. The SMILES string of the molecule is CC1CC=C(c2cccc(F)c2F)CC1.COC. The first kappa shape index (κ1) is 14.8. The van der Waals surface area contributed by atoms with Gasteiger partial charge >= 0.3 is 0 Å². The molecule has 1 aromatic carbocycles. The molecule has 2 rings (SSSR count). The van der Waals surface area contributed by atoms with Gasteiger partial charge in [-0.3, -0.25) is 0 Å². The predicted octanol–water partition coefficient (Wildman–Crippen LogP) is 4.43. The maximum absolute atomic E-state index is 13.5. The number of rotatable bonds is 1. The van der Waals surface area contributed by atoms with Crippen molar-refractivity contribution >= 4 is 5.57 Å². The summed E-state index contributed by atoms with van der Waals surface area (Å²) in [6.07, 6.45) is 4.90. The van der Waals surface area contributed by atoms with Crippen molar-refractivity contribution in [3.05, 3.63) is 41.5 Å². The summed E-state index contributed by atoms with van der Waals surface area (Å²) in [6, 6.07) is 4.37. The van der Waals surface area contributed by atoms with Gasteiger partial charge in [-0.25, -0.2) is 8.78 Å². The number of halogens is 2. The lowest BCUT2D eigenvalue weighted by Crippen LogP contribution is -2.03. The summed E-state index contributed by atoms with van der Waals surface area (Å²) in [5.74, 6) is -0.810. The molecule has 0 aliphatic heterocycles. The first-order chi connectivity index (χ1) is 8.60. The van der Waals surface area contributed by atoms with E-state index in [0.29, 0.717) is 11.5 Å². The minimum absolute atomic E-state index is 0.432. The quantitative estimate of drug-likeness (QED) is 0.720. The second-order valence-corrected chi connectivity index (χ2v) is 4.62. The number of methoxy groups -OCH3 is 1. The fraction of sp³-hybridized carbons (Fsp3) is 0.467. The number of hydrogen-bond acceptors (Lipinski definition) is 1. The van der Waals surface area contributed by atoms with Crippen molar-refractivity contribution in [2.75, 3.05) is 14.2 Å². The molecule has 0 amide bonds. The molecule has 1 nitrogen and oxygen atoms in total. The van der Waals surface area contributed by atoms with Crippen LogP contribution in [0.25, 0.3) is 5.57 Å². The van der Waals surface area contributed by atoms with Gasteiger partial charge in [0.2, 0.25) is 0 Å². The molecule has 0 aromatic heterocycles. The summed E-state index contributed by atoms with van der Waals surface area (Å²) in [4.78, 5) is 0. The van der Waals surface area contributed by atoms with Crippen LogP contribution in [0.1, 0.15) is 31.7 Å². The monoisotopic (exact) mass is 254 g/mol. The number of allylic oxidation sites excluding steroid dienone is 2. The topological polar surface area (TPSA) is 9.23 Å². The van der Waals surface area contributed by atoms with E-state index < -0.39 is 11.6 Å². The fourth-order valence-electron chi connectivity index (χ4n) is 1.96. The fourth-order valence-corrected chi connectivity index (χ4v) is 1.96. The van der Waals surface area contributed by atoms with Gasteiger partial charge in [0.15, 0.2) is 11.6 Å². The minimum atomic E-state index is -0.757. The molecule has 100 valence electrons. The van der Waals surface area contributed by atoms with E-state index >= 15 is 0 Å². The molecule has 0 radical (unpaired) electrons. The van der Waals surface area contributed by atoms with Crippen molar-refractivity contribution in [2.45, 2.75) is 26.2 Å². The highest BCUT2D eigenvalue weighted by atomic mass is 19.2. The van der Waals surface area contributed by atoms with Crippen molar-refractivity contribution < 1.29 is 13.5 Å². The summed E-state index contributed by atoms with van der Waals surface area (Å²) in [6.45, 7) is 2.18. The van der Waals surface area contributed by atoms with Crippen LogP contribution in [0.2, 0.25) is 0 Å². The van der Waals surface area contributed by atoms with Crippen LogP contribution in [-0.2, 0) is 4.74 Å². The number of benzene rings is 1. The molecule has 3 heteroatoms. The Morgan fingerprint density at radius 1 is 1.22 bits per heavy atom. The van der Waals surface area contributed by atoms with Gasteiger partial charge in [-0.1, -0.05) is 25.1 Å². The number of hydrogen-bond donors (Lipinski definition) is 0. The van der Waals surface area contributed by atoms with Gasteiger partial charge in [0.25, 0.3) is 0 Å². The van der Waals surface area contributed by atoms with E-state index in [0.717, 1.165) is 30.9 Å². The summed E-state index contributed by atoms with van der Waals surface area (Å²) < 4.78 is 30.7. The molecule has 1 aliphatic carbocycles. The summed E-state index contributed by atoms with van der Waals surface area (Å²) >= 11 is 0. The third-order valence-electron chi connectivity index (χ3n) is 2.97. The molecule has 0 saturated carbocycles. The van der Waals surface area contributed by atoms with Crippen LogP contribution in [0.3, 0.4) is 0 Å². The zero-order valence-electron chi connectivity index (χ0n) is 11.2. The van der Waals surface area contributed by atoms with E-state index in [1.165, 1.54) is 0 Å². The summed E-state index contributed by atoms with van der Waals surface area (Å²) in [5.41, 5.74) is 1.38. The normalized spacial score (nSPS) is 18.7. The van der Waals surface area contributed by atoms with Crippen molar-refractivity contribution in [2.24, 2.45) is 5.92 Å². The highest BCUT2D eigenvalue weighted by molar-refractivity contribution is 5.66. The van der Waals surface area contributed by atoms with Gasteiger partial charge in [0, 0.05) is 19.8 Å². The maximum atomic E-state index is 13.5. The van der Waals surface area contributed by atoms with Crippen molar-refractivity contribution in [3.8, 4) is 0 Å². The molecule has 1 aliphatic rings. The third kappa shape index (κ3) is 3.91. The lowest BCUT2D eigenvalue weighted by molar-refractivity contribution is 0.277. The molecule has 1 aromatic rings. The highest BCUT2D eigenvalue weighted by Crippen LogP contribution is 2.31. The van der Waals surface area contributed by atoms with E-state index in [2.05, 4.69) is 11.7 Å². The molecular formula is C15H20F2O. The zero-order valence-corrected chi connectivity index (χ0v) is 11.2. The largest absolute Gasteiger partial charge is 0.388 e. The molecule has 0 bridgehead atoms. The van der Waals surface area contributed by atoms with Gasteiger partial charge in [-0.15, -0.1) is 0 Å². The maximum Gasteiger partial charge on any atom is 0.166 e. The molecule has 18 heavy (non-hydrogen) atoms.